The van der Waals surface area contributed by atoms with Crippen LogP contribution in [0.2, 0.25) is 0 Å². The molecule has 1 aliphatic rings. The molecule has 1 aromatic carbocycles. The topological polar surface area (TPSA) is 24.5 Å². The van der Waals surface area contributed by atoms with Crippen molar-refractivity contribution in [3.05, 3.63) is 29.8 Å². The molecule has 0 saturated carbocycles. The molecule has 0 bridgehead atoms. The third-order valence-corrected chi connectivity index (χ3v) is 4.09. The summed E-state index contributed by atoms with van der Waals surface area (Å²) in [4.78, 5) is 2.45. The van der Waals surface area contributed by atoms with Crippen LogP contribution in [-0.4, -0.2) is 36.7 Å². The summed E-state index contributed by atoms with van der Waals surface area (Å²) in [6.07, 6.45) is 1.02. The van der Waals surface area contributed by atoms with Crippen molar-refractivity contribution in [2.45, 2.75) is 45.8 Å². The quantitative estimate of drug-likeness (QED) is 0.863. The summed E-state index contributed by atoms with van der Waals surface area (Å²) in [7, 11) is 0. The second-order valence-corrected chi connectivity index (χ2v) is 6.14. The monoisotopic (exact) mass is 276 g/mol. The summed E-state index contributed by atoms with van der Waals surface area (Å²) in [6, 6.07) is 8.80. The first-order chi connectivity index (χ1) is 9.55. The Labute approximate surface area is 123 Å². The Morgan fingerprint density at radius 2 is 1.95 bits per heavy atom. The van der Waals surface area contributed by atoms with Crippen molar-refractivity contribution in [1.29, 1.82) is 0 Å². The fraction of sp³-hybridized carbons (Fsp3) is 0.647. The van der Waals surface area contributed by atoms with E-state index < -0.39 is 0 Å². The molecule has 0 aromatic heterocycles. The van der Waals surface area contributed by atoms with Crippen LogP contribution in [0.5, 0.6) is 5.75 Å². The number of rotatable bonds is 6. The van der Waals surface area contributed by atoms with Crippen LogP contribution >= 0.6 is 0 Å². The number of nitrogens with one attached hydrogen (secondary N) is 1. The van der Waals surface area contributed by atoms with Gasteiger partial charge in [0.05, 0.1) is 0 Å². The van der Waals surface area contributed by atoms with Crippen molar-refractivity contribution in [2.24, 2.45) is 0 Å². The number of ether oxygens (including phenoxy) is 1. The fourth-order valence-electron chi connectivity index (χ4n) is 2.92. The van der Waals surface area contributed by atoms with Crippen molar-refractivity contribution < 1.29 is 4.74 Å². The zero-order valence-electron chi connectivity index (χ0n) is 13.3. The van der Waals surface area contributed by atoms with Gasteiger partial charge in [-0.25, -0.2) is 0 Å². The number of fused-ring (bicyclic) bond motifs is 1. The molecule has 0 saturated heterocycles. The average Bonchev–Trinajstić information content (AvgIpc) is 2.42. The number of hydrogen-bond acceptors (Lipinski definition) is 3. The van der Waals surface area contributed by atoms with Crippen LogP contribution in [-0.2, 0) is 0 Å². The van der Waals surface area contributed by atoms with Gasteiger partial charge in [-0.05, 0) is 33.0 Å². The highest BCUT2D eigenvalue weighted by atomic mass is 16.5. The lowest BCUT2D eigenvalue weighted by Crippen LogP contribution is -2.41. The Morgan fingerprint density at radius 1 is 1.25 bits per heavy atom. The SMILES string of the molecule is CCN(CC)CCNC1CC(C)(C)Oc2ccccc21. The third-order valence-electron chi connectivity index (χ3n) is 4.09. The highest BCUT2D eigenvalue weighted by molar-refractivity contribution is 5.38. The van der Waals surface area contributed by atoms with Crippen LogP contribution in [0.3, 0.4) is 0 Å². The van der Waals surface area contributed by atoms with Crippen LogP contribution in [0.25, 0.3) is 0 Å². The normalized spacial score (nSPS) is 20.6. The predicted octanol–water partition coefficient (Wildman–Crippen LogP) is 3.22. The van der Waals surface area contributed by atoms with Gasteiger partial charge in [0.25, 0.3) is 0 Å². The molecule has 3 heteroatoms. The van der Waals surface area contributed by atoms with E-state index in [9.17, 15) is 0 Å². The second kappa shape index (κ2) is 6.59. The summed E-state index contributed by atoms with van der Waals surface area (Å²) >= 11 is 0. The second-order valence-electron chi connectivity index (χ2n) is 6.14. The summed E-state index contributed by atoms with van der Waals surface area (Å²) in [6.45, 7) is 13.1. The fourth-order valence-corrected chi connectivity index (χ4v) is 2.92. The molecule has 0 fully saturated rings. The van der Waals surface area contributed by atoms with E-state index in [2.05, 4.69) is 56.1 Å². The third kappa shape index (κ3) is 3.74. The van der Waals surface area contributed by atoms with Gasteiger partial charge in [0, 0.05) is 31.1 Å². The Morgan fingerprint density at radius 3 is 2.65 bits per heavy atom. The van der Waals surface area contributed by atoms with E-state index in [0.29, 0.717) is 6.04 Å². The van der Waals surface area contributed by atoms with Gasteiger partial charge in [0.15, 0.2) is 0 Å². The molecule has 1 atom stereocenters. The Balaban J connectivity index is 2.00. The minimum Gasteiger partial charge on any atom is -0.487 e. The largest absolute Gasteiger partial charge is 0.487 e. The standard InChI is InChI=1S/C17H28N2O/c1-5-19(6-2)12-11-18-15-13-17(3,4)20-16-10-8-7-9-14(15)16/h7-10,15,18H,5-6,11-13H2,1-4H3. The van der Waals surface area contributed by atoms with Crippen molar-refractivity contribution >= 4 is 0 Å². The first-order valence-electron chi connectivity index (χ1n) is 7.79. The van der Waals surface area contributed by atoms with Gasteiger partial charge in [-0.15, -0.1) is 0 Å². The molecule has 0 spiro atoms. The molecule has 0 aliphatic carbocycles. The summed E-state index contributed by atoms with van der Waals surface area (Å²) in [5.74, 6) is 1.03. The molecular weight excluding hydrogens is 248 g/mol. The molecular formula is C17H28N2O. The van der Waals surface area contributed by atoms with Gasteiger partial charge in [-0.2, -0.15) is 0 Å². The maximum absolute atomic E-state index is 6.07. The van der Waals surface area contributed by atoms with Crippen LogP contribution in [0.1, 0.15) is 45.7 Å². The first-order valence-corrected chi connectivity index (χ1v) is 7.79. The van der Waals surface area contributed by atoms with Crippen LogP contribution in [0.15, 0.2) is 24.3 Å². The lowest BCUT2D eigenvalue weighted by atomic mass is 9.90. The summed E-state index contributed by atoms with van der Waals surface area (Å²) in [5, 5.41) is 3.71. The maximum atomic E-state index is 6.07. The zero-order chi connectivity index (χ0) is 14.6. The van der Waals surface area contributed by atoms with Gasteiger partial charge < -0.3 is 15.0 Å². The van der Waals surface area contributed by atoms with Gasteiger partial charge >= 0.3 is 0 Å². The number of nitrogens with zero attached hydrogens (tertiary/aromatic N) is 1. The Kier molecular flexibility index (Phi) is 5.06. The lowest BCUT2D eigenvalue weighted by Gasteiger charge is -2.38. The molecule has 0 radical (unpaired) electrons. The summed E-state index contributed by atoms with van der Waals surface area (Å²) in [5.41, 5.74) is 1.20. The predicted molar refractivity (Wildman–Crippen MR) is 84.3 cm³/mol. The maximum Gasteiger partial charge on any atom is 0.124 e. The van der Waals surface area contributed by atoms with Gasteiger partial charge in [0.1, 0.15) is 11.4 Å². The number of likely N-dealkylation sites (N-methyl/N-ethyl adjacent to an activating group) is 1. The molecule has 1 heterocycles. The number of hydrogen-bond donors (Lipinski definition) is 1. The highest BCUT2D eigenvalue weighted by Crippen LogP contribution is 2.38. The van der Waals surface area contributed by atoms with E-state index in [4.69, 9.17) is 4.74 Å². The van der Waals surface area contributed by atoms with Crippen molar-refractivity contribution in [3.8, 4) is 5.75 Å². The Bertz CT molecular complexity index is 427. The van der Waals surface area contributed by atoms with Crippen LogP contribution < -0.4 is 10.1 Å². The molecule has 1 aliphatic heterocycles. The van der Waals surface area contributed by atoms with E-state index in [0.717, 1.165) is 38.3 Å². The minimum absolute atomic E-state index is 0.0960. The lowest BCUT2D eigenvalue weighted by molar-refractivity contribution is 0.0656. The van der Waals surface area contributed by atoms with E-state index in [1.165, 1.54) is 5.56 Å². The smallest absolute Gasteiger partial charge is 0.124 e. The zero-order valence-corrected chi connectivity index (χ0v) is 13.3. The molecule has 112 valence electrons. The first kappa shape index (κ1) is 15.3. The molecule has 20 heavy (non-hydrogen) atoms. The van der Waals surface area contributed by atoms with Crippen molar-refractivity contribution in [2.75, 3.05) is 26.2 Å². The van der Waals surface area contributed by atoms with Crippen molar-refractivity contribution in [3.63, 3.8) is 0 Å². The molecule has 1 unspecified atom stereocenters. The number of benzene rings is 1. The van der Waals surface area contributed by atoms with Crippen LogP contribution in [0.4, 0.5) is 0 Å². The van der Waals surface area contributed by atoms with E-state index in [1.54, 1.807) is 0 Å². The molecule has 2 rings (SSSR count). The highest BCUT2D eigenvalue weighted by Gasteiger charge is 2.33. The Hall–Kier alpha value is -1.06. The minimum atomic E-state index is -0.0960. The van der Waals surface area contributed by atoms with Gasteiger partial charge in [-0.3, -0.25) is 0 Å². The van der Waals surface area contributed by atoms with Crippen molar-refractivity contribution in [1.82, 2.24) is 10.2 Å². The summed E-state index contributed by atoms with van der Waals surface area (Å²) < 4.78 is 6.07. The van der Waals surface area contributed by atoms with Gasteiger partial charge in [-0.1, -0.05) is 32.0 Å². The van der Waals surface area contributed by atoms with E-state index >= 15 is 0 Å². The molecule has 0 amide bonds. The molecule has 1 N–H and O–H groups in total. The number of para-hydroxylation sites is 1. The molecule has 1 aromatic rings. The van der Waals surface area contributed by atoms with E-state index in [1.807, 2.05) is 6.07 Å². The van der Waals surface area contributed by atoms with Crippen LogP contribution in [0, 0.1) is 0 Å². The van der Waals surface area contributed by atoms with Gasteiger partial charge in [0.2, 0.25) is 0 Å². The molecule has 3 nitrogen and oxygen atoms in total. The van der Waals surface area contributed by atoms with E-state index in [-0.39, 0.29) is 5.60 Å². The average molecular weight is 276 g/mol.